The predicted molar refractivity (Wildman–Crippen MR) is 95.9 cm³/mol. The van der Waals surface area contributed by atoms with Crippen molar-refractivity contribution in [2.45, 2.75) is 50.0 Å². The van der Waals surface area contributed by atoms with Crippen molar-refractivity contribution in [1.82, 2.24) is 9.21 Å². The van der Waals surface area contributed by atoms with Crippen molar-refractivity contribution in [3.05, 3.63) is 29.3 Å². The fraction of sp³-hybridized carbons (Fsp3) is 0.500. The normalized spacial score (nSPS) is 21.2. The van der Waals surface area contributed by atoms with Crippen molar-refractivity contribution in [2.75, 3.05) is 13.1 Å². The number of fused-ring (bicyclic) bond motifs is 1. The summed E-state index contributed by atoms with van der Waals surface area (Å²) >= 11 is 0. The van der Waals surface area contributed by atoms with Crippen molar-refractivity contribution >= 4 is 27.8 Å². The molecule has 2 aliphatic rings. The van der Waals surface area contributed by atoms with Crippen molar-refractivity contribution < 1.29 is 27.9 Å². The van der Waals surface area contributed by atoms with Crippen LogP contribution in [0.25, 0.3) is 0 Å². The number of benzene rings is 1. The van der Waals surface area contributed by atoms with E-state index < -0.39 is 21.9 Å². The molecule has 0 aliphatic carbocycles. The molecule has 1 aromatic carbocycles. The molecule has 8 nitrogen and oxygen atoms in total. The molecule has 1 fully saturated rings. The molecule has 0 radical (unpaired) electrons. The van der Waals surface area contributed by atoms with Crippen LogP contribution in [0.5, 0.6) is 0 Å². The van der Waals surface area contributed by atoms with Gasteiger partial charge in [-0.1, -0.05) is 0 Å². The number of carbonyl (C=O) groups is 3. The van der Waals surface area contributed by atoms with Gasteiger partial charge >= 0.3 is 5.97 Å². The minimum Gasteiger partial charge on any atom is -0.481 e. The number of likely N-dealkylation sites (tertiary alicyclic amines) is 1. The average molecular weight is 394 g/mol. The highest BCUT2D eigenvalue weighted by Gasteiger charge is 2.41. The molecule has 2 heterocycles. The maximum atomic E-state index is 13.0. The molecule has 3 rings (SSSR count). The van der Waals surface area contributed by atoms with Gasteiger partial charge in [-0.25, -0.2) is 12.7 Å². The zero-order valence-electron chi connectivity index (χ0n) is 15.1. The molecule has 9 heteroatoms. The molecule has 27 heavy (non-hydrogen) atoms. The van der Waals surface area contributed by atoms with Crippen LogP contribution in [0.2, 0.25) is 0 Å². The van der Waals surface area contributed by atoms with Gasteiger partial charge in [-0.05, 0) is 50.8 Å². The maximum absolute atomic E-state index is 13.0. The summed E-state index contributed by atoms with van der Waals surface area (Å²) in [5.74, 6) is -1.82. The van der Waals surface area contributed by atoms with E-state index in [0.717, 1.165) is 23.6 Å². The summed E-state index contributed by atoms with van der Waals surface area (Å²) in [6.45, 7) is 2.11. The van der Waals surface area contributed by atoms with Crippen LogP contribution in [-0.4, -0.2) is 59.6 Å². The molecular formula is C18H22N2O6S. The minimum atomic E-state index is -3.93. The van der Waals surface area contributed by atoms with E-state index in [0.29, 0.717) is 13.0 Å². The highest BCUT2D eigenvalue weighted by molar-refractivity contribution is 7.90. The van der Waals surface area contributed by atoms with Crippen molar-refractivity contribution in [2.24, 2.45) is 0 Å². The zero-order chi connectivity index (χ0) is 19.8. The number of carboxylic acids is 1. The number of hydrogen-bond donors (Lipinski definition) is 1. The van der Waals surface area contributed by atoms with Gasteiger partial charge < -0.3 is 10.0 Å². The number of hydrogen-bond acceptors (Lipinski definition) is 5. The molecule has 2 aliphatic heterocycles. The van der Waals surface area contributed by atoms with Gasteiger partial charge in [-0.15, -0.1) is 0 Å². The molecule has 2 amide bonds. The van der Waals surface area contributed by atoms with E-state index >= 15 is 0 Å². The lowest BCUT2D eigenvalue weighted by Crippen LogP contribution is -2.44. The Morgan fingerprint density at radius 3 is 2.67 bits per heavy atom. The first-order chi connectivity index (χ1) is 12.8. The molecule has 0 bridgehead atoms. The Balaban J connectivity index is 1.90. The number of piperidine rings is 1. The van der Waals surface area contributed by atoms with Gasteiger partial charge in [0.05, 0.1) is 5.56 Å². The first kappa shape index (κ1) is 19.3. The summed E-state index contributed by atoms with van der Waals surface area (Å²) in [5.41, 5.74) is 0.278. The number of carbonyl (C=O) groups excluding carboxylic acids is 2. The van der Waals surface area contributed by atoms with E-state index in [-0.39, 0.29) is 40.9 Å². The van der Waals surface area contributed by atoms with Crippen LogP contribution < -0.4 is 0 Å². The maximum Gasteiger partial charge on any atom is 0.303 e. The monoisotopic (exact) mass is 394 g/mol. The number of rotatable bonds is 5. The molecule has 0 spiro atoms. The quantitative estimate of drug-likeness (QED) is 0.814. The Morgan fingerprint density at radius 2 is 2.00 bits per heavy atom. The van der Waals surface area contributed by atoms with Crippen LogP contribution in [-0.2, 0) is 14.8 Å². The van der Waals surface area contributed by atoms with Crippen LogP contribution in [0.4, 0.5) is 0 Å². The largest absolute Gasteiger partial charge is 0.481 e. The van der Waals surface area contributed by atoms with Crippen molar-refractivity contribution in [3.63, 3.8) is 0 Å². The van der Waals surface area contributed by atoms with E-state index in [9.17, 15) is 22.8 Å². The molecule has 1 aromatic rings. The summed E-state index contributed by atoms with van der Waals surface area (Å²) < 4.78 is 25.9. The van der Waals surface area contributed by atoms with E-state index in [2.05, 4.69) is 0 Å². The third-order valence-electron chi connectivity index (χ3n) is 5.12. The second kappa shape index (κ2) is 7.30. The van der Waals surface area contributed by atoms with E-state index in [4.69, 9.17) is 5.11 Å². The van der Waals surface area contributed by atoms with Crippen LogP contribution in [0, 0.1) is 0 Å². The highest BCUT2D eigenvalue weighted by atomic mass is 32.2. The topological polar surface area (TPSA) is 112 Å². The lowest BCUT2D eigenvalue weighted by molar-refractivity contribution is -0.137. The lowest BCUT2D eigenvalue weighted by Gasteiger charge is -2.35. The fourth-order valence-corrected chi connectivity index (χ4v) is 5.35. The van der Waals surface area contributed by atoms with E-state index in [1.165, 1.54) is 18.2 Å². The SMILES string of the molecule is CCN1C(=O)c2ccc(C(=O)N3CCCCC3CCC(=O)O)cc2S1(=O)=O. The third kappa shape index (κ3) is 3.43. The summed E-state index contributed by atoms with van der Waals surface area (Å²) in [6.07, 6.45) is 2.82. The molecule has 1 atom stereocenters. The molecular weight excluding hydrogens is 372 g/mol. The number of sulfonamides is 1. The number of carboxylic acid groups (broad SMARTS) is 1. The lowest BCUT2D eigenvalue weighted by atomic mass is 9.96. The second-order valence-corrected chi connectivity index (χ2v) is 8.60. The molecule has 1 N–H and O–H groups in total. The van der Waals surface area contributed by atoms with Gasteiger partial charge in [0.25, 0.3) is 21.8 Å². The van der Waals surface area contributed by atoms with Crippen molar-refractivity contribution in [3.8, 4) is 0 Å². The first-order valence-corrected chi connectivity index (χ1v) is 10.4. The van der Waals surface area contributed by atoms with Crippen LogP contribution in [0.3, 0.4) is 0 Å². The Morgan fingerprint density at radius 1 is 1.26 bits per heavy atom. The molecule has 0 aromatic heterocycles. The highest BCUT2D eigenvalue weighted by Crippen LogP contribution is 2.32. The second-order valence-electron chi connectivity index (χ2n) is 6.77. The summed E-state index contributed by atoms with van der Waals surface area (Å²) in [4.78, 5) is 37.6. The molecule has 1 unspecified atom stereocenters. The van der Waals surface area contributed by atoms with Gasteiger partial charge in [0, 0.05) is 31.1 Å². The fourth-order valence-electron chi connectivity index (χ4n) is 3.75. The van der Waals surface area contributed by atoms with Gasteiger partial charge in [-0.3, -0.25) is 14.4 Å². The average Bonchev–Trinajstić information content (AvgIpc) is 2.84. The minimum absolute atomic E-state index is 0.0209. The first-order valence-electron chi connectivity index (χ1n) is 9.01. The number of nitrogens with zero attached hydrogens (tertiary/aromatic N) is 2. The van der Waals surface area contributed by atoms with E-state index in [1.807, 2.05) is 0 Å². The standard InChI is InChI=1S/C18H22N2O6S/c1-2-20-18(24)14-8-6-12(11-15(14)27(20,25)26)17(23)19-10-4-3-5-13(19)7-9-16(21)22/h6,8,11,13H,2-5,7,9-10H2,1H3,(H,21,22). The summed E-state index contributed by atoms with van der Waals surface area (Å²) in [5, 5.41) is 8.92. The molecule has 0 saturated carbocycles. The number of aliphatic carboxylic acids is 1. The smallest absolute Gasteiger partial charge is 0.303 e. The van der Waals surface area contributed by atoms with Crippen molar-refractivity contribution in [1.29, 1.82) is 0 Å². The van der Waals surface area contributed by atoms with Gasteiger partial charge in [0.15, 0.2) is 0 Å². The Bertz CT molecular complexity index is 895. The summed E-state index contributed by atoms with van der Waals surface area (Å²) in [6, 6.07) is 3.94. The van der Waals surface area contributed by atoms with Gasteiger partial charge in [0.2, 0.25) is 0 Å². The van der Waals surface area contributed by atoms with Crippen LogP contribution in [0.15, 0.2) is 23.1 Å². The van der Waals surface area contributed by atoms with E-state index in [1.54, 1.807) is 11.8 Å². The predicted octanol–water partition coefficient (Wildman–Crippen LogP) is 1.71. The van der Waals surface area contributed by atoms with Gasteiger partial charge in [0.1, 0.15) is 4.90 Å². The molecule has 1 saturated heterocycles. The Labute approximate surface area is 157 Å². The Hall–Kier alpha value is -2.42. The third-order valence-corrected chi connectivity index (χ3v) is 7.02. The Kier molecular flexibility index (Phi) is 5.23. The summed E-state index contributed by atoms with van der Waals surface area (Å²) in [7, 11) is -3.93. The number of amides is 2. The zero-order valence-corrected chi connectivity index (χ0v) is 15.9. The molecule has 146 valence electrons. The van der Waals surface area contributed by atoms with Crippen LogP contribution >= 0.6 is 0 Å². The van der Waals surface area contributed by atoms with Gasteiger partial charge in [-0.2, -0.15) is 0 Å². The van der Waals surface area contributed by atoms with Crippen LogP contribution in [0.1, 0.15) is 59.7 Å².